The van der Waals surface area contributed by atoms with Gasteiger partial charge in [-0.05, 0) is 37.0 Å². The fourth-order valence-corrected chi connectivity index (χ4v) is 2.76. The molecule has 1 aromatic heterocycles. The van der Waals surface area contributed by atoms with Crippen molar-refractivity contribution in [3.05, 3.63) is 48.5 Å². The van der Waals surface area contributed by atoms with Crippen LogP contribution >= 0.6 is 0 Å². The van der Waals surface area contributed by atoms with E-state index in [1.54, 1.807) is 30.6 Å². The molecular weight excluding hydrogens is 309 g/mol. The first-order valence-electron chi connectivity index (χ1n) is 8.04. The van der Waals surface area contributed by atoms with Gasteiger partial charge in [-0.15, -0.1) is 0 Å². The molecule has 2 N–H and O–H groups in total. The van der Waals surface area contributed by atoms with E-state index in [1.807, 2.05) is 0 Å². The zero-order chi connectivity index (χ0) is 16.8. The lowest BCUT2D eigenvalue weighted by molar-refractivity contribution is 0.248. The maximum atomic E-state index is 13.5. The van der Waals surface area contributed by atoms with E-state index < -0.39 is 5.82 Å². The first-order chi connectivity index (χ1) is 11.7. The van der Waals surface area contributed by atoms with Crippen LogP contribution in [0.5, 0.6) is 0 Å². The number of rotatable bonds is 4. The minimum atomic E-state index is -0.441. The molecular formula is C17H20FN5O. The van der Waals surface area contributed by atoms with Crippen molar-refractivity contribution in [1.82, 2.24) is 15.3 Å². The minimum Gasteiger partial charge on any atom is -0.341 e. The van der Waals surface area contributed by atoms with Crippen LogP contribution in [0.15, 0.2) is 42.7 Å². The van der Waals surface area contributed by atoms with Crippen molar-refractivity contribution in [2.24, 2.45) is 5.92 Å². The highest BCUT2D eigenvalue weighted by Crippen LogP contribution is 2.19. The van der Waals surface area contributed by atoms with Crippen LogP contribution in [0.4, 0.5) is 20.8 Å². The second kappa shape index (κ2) is 7.72. The number of halogens is 1. The van der Waals surface area contributed by atoms with Gasteiger partial charge in [0, 0.05) is 32.0 Å². The summed E-state index contributed by atoms with van der Waals surface area (Å²) in [5.74, 6) is 0.710. The van der Waals surface area contributed by atoms with E-state index in [0.717, 1.165) is 31.9 Å². The molecule has 0 radical (unpaired) electrons. The number of anilines is 2. The van der Waals surface area contributed by atoms with Crippen LogP contribution < -0.4 is 15.5 Å². The second-order valence-corrected chi connectivity index (χ2v) is 5.79. The third-order valence-electron chi connectivity index (χ3n) is 4.12. The number of para-hydroxylation sites is 1. The summed E-state index contributed by atoms with van der Waals surface area (Å²) in [5, 5.41) is 5.35. The molecule has 1 aromatic carbocycles. The lowest BCUT2D eigenvalue weighted by atomic mass is 9.97. The van der Waals surface area contributed by atoms with E-state index >= 15 is 0 Å². The summed E-state index contributed by atoms with van der Waals surface area (Å²) in [6.45, 7) is 2.31. The highest BCUT2D eigenvalue weighted by Gasteiger charge is 2.21. The predicted molar refractivity (Wildman–Crippen MR) is 90.4 cm³/mol. The van der Waals surface area contributed by atoms with Gasteiger partial charge in [-0.3, -0.25) is 0 Å². The summed E-state index contributed by atoms with van der Waals surface area (Å²) in [6.07, 6.45) is 5.39. The van der Waals surface area contributed by atoms with Crippen LogP contribution in [0, 0.1) is 11.7 Å². The Kier molecular flexibility index (Phi) is 5.20. The molecule has 0 spiro atoms. The third-order valence-corrected chi connectivity index (χ3v) is 4.12. The number of piperidine rings is 1. The number of amides is 2. The van der Waals surface area contributed by atoms with Gasteiger partial charge < -0.3 is 15.5 Å². The molecule has 1 aliphatic rings. The van der Waals surface area contributed by atoms with Crippen LogP contribution in [0.25, 0.3) is 0 Å². The van der Waals surface area contributed by atoms with Crippen LogP contribution in [0.3, 0.4) is 0 Å². The number of hydrogen-bond donors (Lipinski definition) is 2. The molecule has 1 aliphatic heterocycles. The number of benzene rings is 1. The standard InChI is InChI=1S/C17H20FN5O/c18-14-4-1-2-5-15(14)22-17(24)21-12-13-6-10-23(11-7-13)16-19-8-3-9-20-16/h1-5,8-9,13H,6-7,10-12H2,(H2,21,22,24). The van der Waals surface area contributed by atoms with Gasteiger partial charge in [-0.2, -0.15) is 0 Å². The van der Waals surface area contributed by atoms with Gasteiger partial charge in [0.15, 0.2) is 0 Å². The van der Waals surface area contributed by atoms with Gasteiger partial charge in [0.25, 0.3) is 0 Å². The lowest BCUT2D eigenvalue weighted by Gasteiger charge is -2.31. The Morgan fingerprint density at radius 3 is 2.58 bits per heavy atom. The second-order valence-electron chi connectivity index (χ2n) is 5.79. The minimum absolute atomic E-state index is 0.186. The summed E-state index contributed by atoms with van der Waals surface area (Å²) in [7, 11) is 0. The Morgan fingerprint density at radius 1 is 1.17 bits per heavy atom. The first-order valence-corrected chi connectivity index (χ1v) is 8.04. The fraction of sp³-hybridized carbons (Fsp3) is 0.353. The number of urea groups is 1. The van der Waals surface area contributed by atoms with Crippen molar-refractivity contribution < 1.29 is 9.18 Å². The van der Waals surface area contributed by atoms with Crippen LogP contribution in [-0.4, -0.2) is 35.6 Å². The average molecular weight is 329 g/mol. The molecule has 0 atom stereocenters. The topological polar surface area (TPSA) is 70.2 Å². The van der Waals surface area contributed by atoms with Gasteiger partial charge in [-0.25, -0.2) is 19.2 Å². The number of carbonyl (C=O) groups excluding carboxylic acids is 1. The summed E-state index contributed by atoms with van der Waals surface area (Å²) in [4.78, 5) is 22.5. The molecule has 1 saturated heterocycles. The van der Waals surface area contributed by atoms with Gasteiger partial charge in [0.05, 0.1) is 5.69 Å². The smallest absolute Gasteiger partial charge is 0.319 e. The Hall–Kier alpha value is -2.70. The molecule has 2 aromatic rings. The zero-order valence-electron chi connectivity index (χ0n) is 13.3. The summed E-state index contributed by atoms with van der Waals surface area (Å²) < 4.78 is 13.5. The molecule has 0 unspecified atom stereocenters. The number of carbonyl (C=O) groups is 1. The Labute approximate surface area is 140 Å². The summed E-state index contributed by atoms with van der Waals surface area (Å²) in [6, 6.07) is 7.54. The number of nitrogens with zero attached hydrogens (tertiary/aromatic N) is 3. The molecule has 1 fully saturated rings. The van der Waals surface area contributed by atoms with E-state index in [1.165, 1.54) is 12.1 Å². The summed E-state index contributed by atoms with van der Waals surface area (Å²) in [5.41, 5.74) is 0.186. The molecule has 0 saturated carbocycles. The number of nitrogens with one attached hydrogen (secondary N) is 2. The Morgan fingerprint density at radius 2 is 1.88 bits per heavy atom. The average Bonchev–Trinajstić information content (AvgIpc) is 2.63. The maximum absolute atomic E-state index is 13.5. The monoisotopic (exact) mass is 329 g/mol. The van der Waals surface area contributed by atoms with Gasteiger partial charge >= 0.3 is 6.03 Å². The number of aromatic nitrogens is 2. The van der Waals surface area contributed by atoms with Gasteiger partial charge in [-0.1, -0.05) is 12.1 Å². The van der Waals surface area contributed by atoms with Crippen molar-refractivity contribution >= 4 is 17.7 Å². The molecule has 24 heavy (non-hydrogen) atoms. The predicted octanol–water partition coefficient (Wildman–Crippen LogP) is 2.65. The normalized spacial score (nSPS) is 15.1. The van der Waals surface area contributed by atoms with E-state index in [4.69, 9.17) is 0 Å². The van der Waals surface area contributed by atoms with Gasteiger partial charge in [0.2, 0.25) is 5.95 Å². The molecule has 6 nitrogen and oxygen atoms in total. The molecule has 2 heterocycles. The summed E-state index contributed by atoms with van der Waals surface area (Å²) >= 11 is 0. The van der Waals surface area contributed by atoms with Crippen molar-refractivity contribution in [1.29, 1.82) is 0 Å². The van der Waals surface area contributed by atoms with Crippen molar-refractivity contribution in [2.45, 2.75) is 12.8 Å². The first kappa shape index (κ1) is 16.2. The molecule has 2 amide bonds. The largest absolute Gasteiger partial charge is 0.341 e. The van der Waals surface area contributed by atoms with Crippen molar-refractivity contribution in [2.75, 3.05) is 29.9 Å². The van der Waals surface area contributed by atoms with E-state index in [-0.39, 0.29) is 11.7 Å². The van der Waals surface area contributed by atoms with Crippen molar-refractivity contribution in [3.8, 4) is 0 Å². The van der Waals surface area contributed by atoms with Crippen LogP contribution in [0.2, 0.25) is 0 Å². The molecule has 0 bridgehead atoms. The molecule has 0 aliphatic carbocycles. The van der Waals surface area contributed by atoms with Crippen molar-refractivity contribution in [3.63, 3.8) is 0 Å². The van der Waals surface area contributed by atoms with Crippen LogP contribution in [0.1, 0.15) is 12.8 Å². The van der Waals surface area contributed by atoms with Gasteiger partial charge in [0.1, 0.15) is 5.82 Å². The maximum Gasteiger partial charge on any atom is 0.319 e. The Balaban J connectivity index is 1.42. The Bertz CT molecular complexity index is 674. The highest BCUT2D eigenvalue weighted by molar-refractivity contribution is 5.89. The lowest BCUT2D eigenvalue weighted by Crippen LogP contribution is -2.40. The van der Waals surface area contributed by atoms with E-state index in [2.05, 4.69) is 25.5 Å². The SMILES string of the molecule is O=C(NCC1CCN(c2ncccn2)CC1)Nc1ccccc1F. The third kappa shape index (κ3) is 4.18. The quantitative estimate of drug-likeness (QED) is 0.905. The zero-order valence-corrected chi connectivity index (χ0v) is 13.3. The molecule has 126 valence electrons. The fourth-order valence-electron chi connectivity index (χ4n) is 2.76. The number of hydrogen-bond acceptors (Lipinski definition) is 4. The molecule has 7 heteroatoms. The van der Waals surface area contributed by atoms with E-state index in [9.17, 15) is 9.18 Å². The van der Waals surface area contributed by atoms with Crippen LogP contribution in [-0.2, 0) is 0 Å². The molecule has 3 rings (SSSR count). The highest BCUT2D eigenvalue weighted by atomic mass is 19.1. The van der Waals surface area contributed by atoms with E-state index in [0.29, 0.717) is 12.5 Å².